The van der Waals surface area contributed by atoms with Crippen LogP contribution >= 0.6 is 0 Å². The zero-order valence-corrected chi connectivity index (χ0v) is 12.4. The quantitative estimate of drug-likeness (QED) is 0.800. The molecule has 1 aromatic heterocycles. The highest BCUT2D eigenvalue weighted by atomic mass is 19.4. The Hall–Kier alpha value is -1.86. The smallest absolute Gasteiger partial charge is 0.433 e. The van der Waals surface area contributed by atoms with Gasteiger partial charge in [-0.1, -0.05) is 6.42 Å². The molecule has 0 spiro atoms. The highest BCUT2D eigenvalue weighted by Gasteiger charge is 2.33. The second-order valence-corrected chi connectivity index (χ2v) is 5.83. The number of alkyl halides is 4. The lowest BCUT2D eigenvalue weighted by Crippen LogP contribution is -2.24. The molecule has 1 fully saturated rings. The van der Waals surface area contributed by atoms with Crippen LogP contribution in [-0.4, -0.2) is 29.3 Å². The van der Waals surface area contributed by atoms with E-state index in [-0.39, 0.29) is 29.8 Å². The van der Waals surface area contributed by atoms with E-state index in [2.05, 4.69) is 10.3 Å². The predicted molar refractivity (Wildman–Crippen MR) is 76.1 cm³/mol. The first kappa shape index (κ1) is 17.5. The Balaban J connectivity index is 2.12. The van der Waals surface area contributed by atoms with E-state index in [0.29, 0.717) is 12.5 Å². The summed E-state index contributed by atoms with van der Waals surface area (Å²) < 4.78 is 50.9. The van der Waals surface area contributed by atoms with Crippen LogP contribution < -0.4 is 5.32 Å². The molecule has 8 heteroatoms. The van der Waals surface area contributed by atoms with Gasteiger partial charge in [0.1, 0.15) is 17.1 Å². The number of carboxylic acids is 1. The Kier molecular flexibility index (Phi) is 5.43. The van der Waals surface area contributed by atoms with Crippen LogP contribution in [-0.2, 0) is 6.18 Å². The molecule has 0 amide bonds. The minimum absolute atomic E-state index is 0.0241. The summed E-state index contributed by atoms with van der Waals surface area (Å²) in [6.07, 6.45) is -1.48. The molecule has 2 atom stereocenters. The number of rotatable bonds is 5. The third-order valence-corrected chi connectivity index (χ3v) is 4.08. The largest absolute Gasteiger partial charge is 0.478 e. The van der Waals surface area contributed by atoms with Gasteiger partial charge in [0.25, 0.3) is 0 Å². The fourth-order valence-corrected chi connectivity index (χ4v) is 2.89. The first-order valence-corrected chi connectivity index (χ1v) is 7.42. The third kappa shape index (κ3) is 4.56. The fourth-order valence-electron chi connectivity index (χ4n) is 2.89. The van der Waals surface area contributed by atoms with Crippen molar-refractivity contribution in [2.45, 2.75) is 31.9 Å². The summed E-state index contributed by atoms with van der Waals surface area (Å²) in [5.74, 6) is -1.57. The highest BCUT2D eigenvalue weighted by Crippen LogP contribution is 2.31. The fraction of sp³-hybridized carbons (Fsp3) is 0.600. The molecule has 1 aliphatic rings. The van der Waals surface area contributed by atoms with E-state index in [9.17, 15) is 22.4 Å². The number of halogens is 4. The van der Waals surface area contributed by atoms with Gasteiger partial charge < -0.3 is 10.4 Å². The van der Waals surface area contributed by atoms with Gasteiger partial charge in [0.15, 0.2) is 0 Å². The van der Waals surface area contributed by atoms with Crippen molar-refractivity contribution in [1.29, 1.82) is 0 Å². The number of aromatic nitrogens is 1. The van der Waals surface area contributed by atoms with Gasteiger partial charge in [0, 0.05) is 6.54 Å². The molecule has 2 rings (SSSR count). The standard InChI is InChI=1S/C15H18F4N2O2/c16-7-9-2-1-3-10(6-9)8-20-13-11(14(22)23)4-5-12(21-13)15(17,18)19/h4-5,9-10H,1-3,6-8H2,(H,20,21)(H,22,23)/t9-,10+/m0/s1. The van der Waals surface area contributed by atoms with Crippen LogP contribution in [0.15, 0.2) is 12.1 Å². The molecule has 1 aliphatic carbocycles. The van der Waals surface area contributed by atoms with Crippen LogP contribution in [0.5, 0.6) is 0 Å². The maximum atomic E-state index is 12.7. The topological polar surface area (TPSA) is 62.2 Å². The normalized spacial score (nSPS) is 21.9. The van der Waals surface area contributed by atoms with E-state index >= 15 is 0 Å². The number of anilines is 1. The molecule has 2 N–H and O–H groups in total. The number of aromatic carboxylic acids is 1. The zero-order valence-electron chi connectivity index (χ0n) is 12.4. The van der Waals surface area contributed by atoms with Gasteiger partial charge in [-0.15, -0.1) is 0 Å². The zero-order chi connectivity index (χ0) is 17.0. The molecule has 0 aliphatic heterocycles. The lowest BCUT2D eigenvalue weighted by Gasteiger charge is -2.27. The summed E-state index contributed by atoms with van der Waals surface area (Å²) in [4.78, 5) is 14.5. The maximum absolute atomic E-state index is 12.7. The van der Waals surface area contributed by atoms with Crippen molar-refractivity contribution in [2.75, 3.05) is 18.5 Å². The molecule has 23 heavy (non-hydrogen) atoms. The SMILES string of the molecule is O=C(O)c1ccc(C(F)(F)F)nc1NC[C@@H]1CCC[C@H](CF)C1. The third-order valence-electron chi connectivity index (χ3n) is 4.08. The number of pyridine rings is 1. The summed E-state index contributed by atoms with van der Waals surface area (Å²) in [5, 5.41) is 11.8. The van der Waals surface area contributed by atoms with Crippen molar-refractivity contribution in [3.05, 3.63) is 23.4 Å². The molecule has 4 nitrogen and oxygen atoms in total. The van der Waals surface area contributed by atoms with Crippen molar-refractivity contribution < 1.29 is 27.5 Å². The Morgan fingerprint density at radius 1 is 1.30 bits per heavy atom. The van der Waals surface area contributed by atoms with Crippen molar-refractivity contribution in [3.63, 3.8) is 0 Å². The summed E-state index contributed by atoms with van der Waals surface area (Å²) >= 11 is 0. The van der Waals surface area contributed by atoms with Gasteiger partial charge in [0.2, 0.25) is 0 Å². The van der Waals surface area contributed by atoms with Crippen LogP contribution in [0, 0.1) is 11.8 Å². The predicted octanol–water partition coefficient (Wildman–Crippen LogP) is 3.99. The van der Waals surface area contributed by atoms with Crippen LogP contribution in [0.3, 0.4) is 0 Å². The second-order valence-electron chi connectivity index (χ2n) is 5.83. The number of nitrogens with zero attached hydrogens (tertiary/aromatic N) is 1. The van der Waals surface area contributed by atoms with E-state index in [1.54, 1.807) is 0 Å². The molecule has 0 unspecified atom stereocenters. The average molecular weight is 334 g/mol. The number of carboxylic acid groups (broad SMARTS) is 1. The molecule has 1 heterocycles. The lowest BCUT2D eigenvalue weighted by molar-refractivity contribution is -0.141. The summed E-state index contributed by atoms with van der Waals surface area (Å²) in [7, 11) is 0. The Bertz CT molecular complexity index is 563. The molecule has 0 radical (unpaired) electrons. The number of carbonyl (C=O) groups is 1. The lowest BCUT2D eigenvalue weighted by atomic mass is 9.82. The average Bonchev–Trinajstić information content (AvgIpc) is 2.51. The maximum Gasteiger partial charge on any atom is 0.433 e. The Morgan fingerprint density at radius 3 is 2.61 bits per heavy atom. The van der Waals surface area contributed by atoms with Crippen molar-refractivity contribution in [1.82, 2.24) is 4.98 Å². The molecular weight excluding hydrogens is 316 g/mol. The van der Waals surface area contributed by atoms with E-state index in [0.717, 1.165) is 25.3 Å². The van der Waals surface area contributed by atoms with Gasteiger partial charge in [-0.3, -0.25) is 4.39 Å². The van der Waals surface area contributed by atoms with Crippen LogP contribution in [0.2, 0.25) is 0 Å². The summed E-state index contributed by atoms with van der Waals surface area (Å²) in [5.41, 5.74) is -1.45. The van der Waals surface area contributed by atoms with Gasteiger partial charge in [-0.2, -0.15) is 13.2 Å². The molecule has 128 valence electrons. The van der Waals surface area contributed by atoms with Gasteiger partial charge in [0.05, 0.1) is 6.67 Å². The van der Waals surface area contributed by atoms with Crippen molar-refractivity contribution in [2.24, 2.45) is 11.8 Å². The second kappa shape index (κ2) is 7.14. The number of hydrogen-bond donors (Lipinski definition) is 2. The van der Waals surface area contributed by atoms with E-state index in [4.69, 9.17) is 5.11 Å². The summed E-state index contributed by atoms with van der Waals surface area (Å²) in [6, 6.07) is 1.54. The Labute approximate surface area is 130 Å². The van der Waals surface area contributed by atoms with Gasteiger partial charge in [-0.05, 0) is 43.2 Å². The van der Waals surface area contributed by atoms with Crippen LogP contribution in [0.1, 0.15) is 41.7 Å². The molecule has 0 bridgehead atoms. The monoisotopic (exact) mass is 334 g/mol. The first-order chi connectivity index (χ1) is 10.8. The van der Waals surface area contributed by atoms with E-state index in [1.807, 2.05) is 0 Å². The molecular formula is C15H18F4N2O2. The van der Waals surface area contributed by atoms with Crippen molar-refractivity contribution >= 4 is 11.8 Å². The minimum atomic E-state index is -4.64. The van der Waals surface area contributed by atoms with Crippen LogP contribution in [0.25, 0.3) is 0 Å². The number of hydrogen-bond acceptors (Lipinski definition) is 3. The minimum Gasteiger partial charge on any atom is -0.478 e. The molecule has 1 aromatic rings. The summed E-state index contributed by atoms with van der Waals surface area (Å²) in [6.45, 7) is -0.121. The van der Waals surface area contributed by atoms with Crippen molar-refractivity contribution in [3.8, 4) is 0 Å². The van der Waals surface area contributed by atoms with E-state index in [1.165, 1.54) is 0 Å². The first-order valence-electron chi connectivity index (χ1n) is 7.42. The van der Waals surface area contributed by atoms with E-state index < -0.39 is 24.5 Å². The number of nitrogens with one attached hydrogen (secondary N) is 1. The molecule has 0 aromatic carbocycles. The molecule has 1 saturated carbocycles. The van der Waals surface area contributed by atoms with Gasteiger partial charge >= 0.3 is 12.1 Å². The van der Waals surface area contributed by atoms with Gasteiger partial charge in [-0.25, -0.2) is 9.78 Å². The van der Waals surface area contributed by atoms with Crippen LogP contribution in [0.4, 0.5) is 23.4 Å². The highest BCUT2D eigenvalue weighted by molar-refractivity contribution is 5.93. The Morgan fingerprint density at radius 2 is 2.00 bits per heavy atom. The molecule has 0 saturated heterocycles.